The molecule has 0 spiro atoms. The zero-order chi connectivity index (χ0) is 21.0. The standard InChI is InChI=1S/C21H17FN2O4S/c1-29(27,28)19-11-3-2-10-18(19)21(26)24-16-8-4-6-14(12-16)20(25)23-17-9-5-7-15(22)13-17/h2-13H,1H3,(H,23,25)(H,24,26). The molecule has 2 N–H and O–H groups in total. The Morgan fingerprint density at radius 3 is 2.10 bits per heavy atom. The van der Waals surface area contributed by atoms with Gasteiger partial charge in [0.05, 0.1) is 10.5 Å². The quantitative estimate of drug-likeness (QED) is 0.668. The average molecular weight is 412 g/mol. The molecule has 0 unspecified atom stereocenters. The molecular formula is C21H17FN2O4S. The van der Waals surface area contributed by atoms with Crippen molar-refractivity contribution in [2.75, 3.05) is 16.9 Å². The molecule has 0 saturated carbocycles. The van der Waals surface area contributed by atoms with Gasteiger partial charge in [-0.1, -0.05) is 24.3 Å². The van der Waals surface area contributed by atoms with E-state index in [1.165, 1.54) is 48.5 Å². The van der Waals surface area contributed by atoms with Gasteiger partial charge < -0.3 is 10.6 Å². The topological polar surface area (TPSA) is 92.3 Å². The first-order chi connectivity index (χ1) is 13.7. The van der Waals surface area contributed by atoms with E-state index in [0.717, 1.165) is 6.26 Å². The molecule has 0 aromatic heterocycles. The third kappa shape index (κ3) is 5.05. The predicted octanol–water partition coefficient (Wildman–Crippen LogP) is 3.73. The van der Waals surface area contributed by atoms with E-state index in [-0.39, 0.29) is 16.0 Å². The maximum absolute atomic E-state index is 13.3. The summed E-state index contributed by atoms with van der Waals surface area (Å²) in [6.07, 6.45) is 1.02. The van der Waals surface area contributed by atoms with Crippen molar-refractivity contribution in [3.8, 4) is 0 Å². The molecule has 3 aromatic carbocycles. The van der Waals surface area contributed by atoms with Crippen LogP contribution in [0.3, 0.4) is 0 Å². The highest BCUT2D eigenvalue weighted by Crippen LogP contribution is 2.19. The summed E-state index contributed by atoms with van der Waals surface area (Å²) in [6, 6.07) is 17.4. The van der Waals surface area contributed by atoms with Crippen LogP contribution in [0.4, 0.5) is 15.8 Å². The Morgan fingerprint density at radius 2 is 1.41 bits per heavy atom. The van der Waals surface area contributed by atoms with Crippen molar-refractivity contribution in [2.24, 2.45) is 0 Å². The van der Waals surface area contributed by atoms with E-state index < -0.39 is 27.5 Å². The van der Waals surface area contributed by atoms with E-state index in [1.807, 2.05) is 0 Å². The second-order valence-electron chi connectivity index (χ2n) is 6.27. The highest BCUT2D eigenvalue weighted by atomic mass is 32.2. The van der Waals surface area contributed by atoms with Gasteiger partial charge in [0, 0.05) is 23.2 Å². The molecule has 0 bridgehead atoms. The van der Waals surface area contributed by atoms with Gasteiger partial charge in [-0.15, -0.1) is 0 Å². The molecule has 2 amide bonds. The molecule has 148 valence electrons. The van der Waals surface area contributed by atoms with Gasteiger partial charge in [0.15, 0.2) is 9.84 Å². The molecule has 3 aromatic rings. The lowest BCUT2D eigenvalue weighted by molar-refractivity contribution is 0.101. The number of hydrogen-bond donors (Lipinski definition) is 2. The van der Waals surface area contributed by atoms with Crippen LogP contribution in [0, 0.1) is 5.82 Å². The molecule has 0 saturated heterocycles. The Labute approximate surface area is 167 Å². The number of halogens is 1. The lowest BCUT2D eigenvalue weighted by Crippen LogP contribution is -2.17. The Morgan fingerprint density at radius 1 is 0.793 bits per heavy atom. The van der Waals surface area contributed by atoms with Crippen molar-refractivity contribution in [3.63, 3.8) is 0 Å². The fourth-order valence-electron chi connectivity index (χ4n) is 2.68. The minimum Gasteiger partial charge on any atom is -0.322 e. The van der Waals surface area contributed by atoms with Gasteiger partial charge in [0.1, 0.15) is 5.82 Å². The Bertz CT molecular complexity index is 1190. The SMILES string of the molecule is CS(=O)(=O)c1ccccc1C(=O)Nc1cccc(C(=O)Nc2cccc(F)c2)c1. The highest BCUT2D eigenvalue weighted by Gasteiger charge is 2.18. The van der Waals surface area contributed by atoms with Crippen molar-refractivity contribution >= 4 is 33.0 Å². The molecule has 8 heteroatoms. The summed E-state index contributed by atoms with van der Waals surface area (Å²) in [4.78, 5) is 24.9. The van der Waals surface area contributed by atoms with E-state index >= 15 is 0 Å². The van der Waals surface area contributed by atoms with Crippen LogP contribution >= 0.6 is 0 Å². The summed E-state index contributed by atoms with van der Waals surface area (Å²) in [6.45, 7) is 0. The summed E-state index contributed by atoms with van der Waals surface area (Å²) < 4.78 is 37.0. The van der Waals surface area contributed by atoms with Gasteiger partial charge in [-0.3, -0.25) is 9.59 Å². The maximum atomic E-state index is 13.3. The summed E-state index contributed by atoms with van der Waals surface area (Å²) in [5, 5.41) is 5.16. The largest absolute Gasteiger partial charge is 0.322 e. The molecule has 0 aliphatic rings. The second kappa shape index (κ2) is 8.24. The first-order valence-corrected chi connectivity index (χ1v) is 10.4. The number of sulfone groups is 1. The molecule has 0 radical (unpaired) electrons. The van der Waals surface area contributed by atoms with E-state index in [9.17, 15) is 22.4 Å². The number of amides is 2. The predicted molar refractivity (Wildman–Crippen MR) is 108 cm³/mol. The minimum absolute atomic E-state index is 0.00427. The molecule has 0 aliphatic heterocycles. The Kier molecular flexibility index (Phi) is 5.74. The van der Waals surface area contributed by atoms with E-state index in [4.69, 9.17) is 0 Å². The monoisotopic (exact) mass is 412 g/mol. The van der Waals surface area contributed by atoms with Gasteiger partial charge in [-0.05, 0) is 48.5 Å². The number of anilines is 2. The van der Waals surface area contributed by atoms with Gasteiger partial charge >= 0.3 is 0 Å². The average Bonchev–Trinajstić information content (AvgIpc) is 2.67. The Balaban J connectivity index is 1.80. The number of rotatable bonds is 5. The fraction of sp³-hybridized carbons (Fsp3) is 0.0476. The van der Waals surface area contributed by atoms with Gasteiger partial charge in [-0.25, -0.2) is 12.8 Å². The van der Waals surface area contributed by atoms with Gasteiger partial charge in [0.25, 0.3) is 11.8 Å². The number of benzene rings is 3. The normalized spacial score (nSPS) is 11.0. The van der Waals surface area contributed by atoms with Crippen molar-refractivity contribution in [1.29, 1.82) is 0 Å². The number of carbonyl (C=O) groups is 2. The molecular weight excluding hydrogens is 395 g/mol. The molecule has 0 heterocycles. The van der Waals surface area contributed by atoms with Crippen molar-refractivity contribution in [2.45, 2.75) is 4.90 Å². The zero-order valence-corrected chi connectivity index (χ0v) is 16.2. The lowest BCUT2D eigenvalue weighted by Gasteiger charge is -2.10. The molecule has 6 nitrogen and oxygen atoms in total. The highest BCUT2D eigenvalue weighted by molar-refractivity contribution is 7.90. The van der Waals surface area contributed by atoms with Crippen LogP contribution in [0.5, 0.6) is 0 Å². The van der Waals surface area contributed by atoms with E-state index in [1.54, 1.807) is 24.3 Å². The van der Waals surface area contributed by atoms with Crippen molar-refractivity contribution < 1.29 is 22.4 Å². The minimum atomic E-state index is -3.59. The van der Waals surface area contributed by atoms with Gasteiger partial charge in [-0.2, -0.15) is 0 Å². The molecule has 0 aliphatic carbocycles. The smallest absolute Gasteiger partial charge is 0.256 e. The van der Waals surface area contributed by atoms with Crippen LogP contribution in [0.1, 0.15) is 20.7 Å². The van der Waals surface area contributed by atoms with Crippen LogP contribution < -0.4 is 10.6 Å². The third-order valence-corrected chi connectivity index (χ3v) is 5.15. The van der Waals surface area contributed by atoms with Crippen molar-refractivity contribution in [1.82, 2.24) is 0 Å². The summed E-state index contributed by atoms with van der Waals surface area (Å²) in [5.74, 6) is -1.58. The van der Waals surface area contributed by atoms with Crippen molar-refractivity contribution in [3.05, 3.63) is 89.7 Å². The third-order valence-electron chi connectivity index (χ3n) is 4.00. The summed E-state index contributed by atoms with van der Waals surface area (Å²) in [5.41, 5.74) is 0.852. The zero-order valence-electron chi connectivity index (χ0n) is 15.3. The summed E-state index contributed by atoms with van der Waals surface area (Å²) in [7, 11) is -3.59. The molecule has 29 heavy (non-hydrogen) atoms. The van der Waals surface area contributed by atoms with Gasteiger partial charge in [0.2, 0.25) is 0 Å². The van der Waals surface area contributed by atoms with Crippen LogP contribution in [0.15, 0.2) is 77.7 Å². The first kappa shape index (κ1) is 20.2. The molecule has 0 atom stereocenters. The lowest BCUT2D eigenvalue weighted by atomic mass is 10.1. The number of carbonyl (C=O) groups excluding carboxylic acids is 2. The number of nitrogens with one attached hydrogen (secondary N) is 2. The van der Waals surface area contributed by atoms with E-state index in [0.29, 0.717) is 11.4 Å². The van der Waals surface area contributed by atoms with Crippen LogP contribution in [-0.2, 0) is 9.84 Å². The van der Waals surface area contributed by atoms with Crippen LogP contribution in [0.25, 0.3) is 0 Å². The Hall–Kier alpha value is -3.52. The molecule has 3 rings (SSSR count). The van der Waals surface area contributed by atoms with E-state index in [2.05, 4.69) is 10.6 Å². The fourth-order valence-corrected chi connectivity index (χ4v) is 3.57. The molecule has 0 fully saturated rings. The number of hydrogen-bond acceptors (Lipinski definition) is 4. The summed E-state index contributed by atoms with van der Waals surface area (Å²) >= 11 is 0. The first-order valence-electron chi connectivity index (χ1n) is 8.51. The van der Waals surface area contributed by atoms with Crippen LogP contribution in [-0.4, -0.2) is 26.5 Å². The maximum Gasteiger partial charge on any atom is 0.256 e. The second-order valence-corrected chi connectivity index (χ2v) is 8.25. The van der Waals surface area contributed by atoms with Crippen LogP contribution in [0.2, 0.25) is 0 Å².